The van der Waals surface area contributed by atoms with E-state index in [1.54, 1.807) is 0 Å². The maximum Gasteiger partial charge on any atom is -0.000111 e. The van der Waals surface area contributed by atoms with Gasteiger partial charge in [-0.1, -0.05) is 188 Å². The second-order valence-electron chi connectivity index (χ2n) is 22.2. The van der Waals surface area contributed by atoms with Crippen LogP contribution in [0.3, 0.4) is 0 Å². The van der Waals surface area contributed by atoms with Crippen molar-refractivity contribution in [2.24, 2.45) is 0 Å². The molecular formula is C76H46. The lowest BCUT2D eigenvalue weighted by Crippen LogP contribution is -2.01. The van der Waals surface area contributed by atoms with E-state index in [0.29, 0.717) is 0 Å². The standard InChI is InChI=1S/C76H46/c1-2-14-46-32-54-38-66-56(35-53(54)31-45(46)13-1)40-71-70(66)42-72(60-23-10-22-59-65-37-49-17-6-4-15-47(49)33-55(65)39-67(59)60)76(63-25-9-19-43-26-27-52-34-50-18-7-8-20-57(50)74(52)73(43)63)75(71)62-24-11-21-58-61-29-28-51-30-44-12-3-5-16-48(44)36-64(51)69(61)41-68(58)62/h1-33,35-38,42H,34,39-41H2. The molecule has 0 nitrogen and oxygen atoms in total. The molecule has 14 aromatic rings. The van der Waals surface area contributed by atoms with Crippen molar-refractivity contribution in [3.63, 3.8) is 0 Å². The summed E-state index contributed by atoms with van der Waals surface area (Å²) >= 11 is 0. The smallest absolute Gasteiger partial charge is 0.000111 e. The van der Waals surface area contributed by atoms with Crippen LogP contribution in [0.15, 0.2) is 231 Å². The first-order valence-corrected chi connectivity index (χ1v) is 27.1. The van der Waals surface area contributed by atoms with Gasteiger partial charge in [0.1, 0.15) is 0 Å². The van der Waals surface area contributed by atoms with Gasteiger partial charge >= 0.3 is 0 Å². The molecule has 0 spiro atoms. The van der Waals surface area contributed by atoms with Gasteiger partial charge in [0, 0.05) is 0 Å². The van der Waals surface area contributed by atoms with Gasteiger partial charge in [-0.2, -0.15) is 0 Å². The third-order valence-electron chi connectivity index (χ3n) is 18.3. The van der Waals surface area contributed by atoms with E-state index in [9.17, 15) is 0 Å². The molecule has 4 aliphatic rings. The van der Waals surface area contributed by atoms with Crippen molar-refractivity contribution in [3.05, 3.63) is 275 Å². The van der Waals surface area contributed by atoms with E-state index < -0.39 is 0 Å². The van der Waals surface area contributed by atoms with Crippen molar-refractivity contribution in [1.29, 1.82) is 0 Å². The summed E-state index contributed by atoms with van der Waals surface area (Å²) in [6.45, 7) is 0. The molecule has 0 radical (unpaired) electrons. The highest BCUT2D eigenvalue weighted by Crippen LogP contribution is 2.58. The molecule has 0 saturated heterocycles. The number of hydrogen-bond donors (Lipinski definition) is 0. The van der Waals surface area contributed by atoms with Crippen LogP contribution in [0.2, 0.25) is 0 Å². The Morgan fingerprint density at radius 1 is 0.184 bits per heavy atom. The fraction of sp³-hybridized carbons (Fsp3) is 0.0526. The molecule has 0 aromatic heterocycles. The fourth-order valence-corrected chi connectivity index (χ4v) is 14.9. The summed E-state index contributed by atoms with van der Waals surface area (Å²) in [4.78, 5) is 0. The normalized spacial score (nSPS) is 13.3. The van der Waals surface area contributed by atoms with Crippen molar-refractivity contribution in [1.82, 2.24) is 0 Å². The van der Waals surface area contributed by atoms with Crippen LogP contribution in [0.1, 0.15) is 44.5 Å². The quantitative estimate of drug-likeness (QED) is 0.155. The van der Waals surface area contributed by atoms with E-state index in [1.807, 2.05) is 0 Å². The Hall–Kier alpha value is -9.36. The maximum absolute atomic E-state index is 2.65. The Bertz CT molecular complexity index is 4980. The van der Waals surface area contributed by atoms with Crippen molar-refractivity contribution in [2.45, 2.75) is 25.7 Å². The number of benzene rings is 14. The van der Waals surface area contributed by atoms with Crippen LogP contribution in [0.25, 0.3) is 143 Å². The monoisotopic (exact) mass is 958 g/mol. The Morgan fingerprint density at radius 3 is 1.46 bits per heavy atom. The molecule has 350 valence electrons. The fourth-order valence-electron chi connectivity index (χ4n) is 14.9. The molecule has 0 amide bonds. The third kappa shape index (κ3) is 5.68. The molecule has 0 aliphatic heterocycles. The summed E-state index contributed by atoms with van der Waals surface area (Å²) in [6, 6.07) is 89.1. The largest absolute Gasteiger partial charge is 0.0619 e. The van der Waals surface area contributed by atoms with Crippen LogP contribution in [0, 0.1) is 0 Å². The Kier molecular flexibility index (Phi) is 8.17. The third-order valence-corrected chi connectivity index (χ3v) is 18.3. The summed E-state index contributed by atoms with van der Waals surface area (Å²) in [7, 11) is 0. The molecule has 76 heavy (non-hydrogen) atoms. The van der Waals surface area contributed by atoms with Gasteiger partial charge in [-0.25, -0.2) is 0 Å². The first kappa shape index (κ1) is 41.0. The number of hydrogen-bond acceptors (Lipinski definition) is 0. The van der Waals surface area contributed by atoms with Crippen LogP contribution in [-0.4, -0.2) is 0 Å². The molecule has 0 heteroatoms. The zero-order chi connectivity index (χ0) is 49.3. The van der Waals surface area contributed by atoms with E-state index in [2.05, 4.69) is 231 Å². The second kappa shape index (κ2) is 15.1. The minimum absolute atomic E-state index is 0.859. The van der Waals surface area contributed by atoms with Crippen LogP contribution in [0.5, 0.6) is 0 Å². The van der Waals surface area contributed by atoms with Crippen LogP contribution in [0.4, 0.5) is 0 Å². The lowest BCUT2D eigenvalue weighted by Gasteiger charge is -2.25. The Morgan fingerprint density at radius 2 is 0.684 bits per heavy atom. The first-order chi connectivity index (χ1) is 37.6. The second-order valence-corrected chi connectivity index (χ2v) is 22.2. The molecule has 14 aromatic carbocycles. The molecule has 0 unspecified atom stereocenters. The molecule has 18 rings (SSSR count). The molecule has 0 heterocycles. The van der Waals surface area contributed by atoms with Gasteiger partial charge in [-0.05, 0) is 255 Å². The minimum Gasteiger partial charge on any atom is -0.0619 e. The highest BCUT2D eigenvalue weighted by molar-refractivity contribution is 6.16. The Balaban J connectivity index is 0.977. The zero-order valence-electron chi connectivity index (χ0n) is 41.8. The zero-order valence-corrected chi connectivity index (χ0v) is 41.8. The SMILES string of the molecule is c1ccc2c(c1)Cc1ccc3cccc(-c4c(-c5cccc6c5Cc5cc7ccccc7cc5-6)cc5c(c4-c4cccc6c4Cc4c-6ccc6cc7ccccc7cc46)Cc4cc6cc7ccccc7cc6cc4-5)c3c1-2. The molecule has 0 saturated carbocycles. The topological polar surface area (TPSA) is 0 Å². The molecular weight excluding hydrogens is 913 g/mol. The molecule has 4 aliphatic carbocycles. The summed E-state index contributed by atoms with van der Waals surface area (Å²) in [5, 5.41) is 15.6. The summed E-state index contributed by atoms with van der Waals surface area (Å²) in [6.07, 6.45) is 3.57. The summed E-state index contributed by atoms with van der Waals surface area (Å²) < 4.78 is 0. The van der Waals surface area contributed by atoms with Gasteiger partial charge in [-0.3, -0.25) is 0 Å². The van der Waals surface area contributed by atoms with Crippen LogP contribution >= 0.6 is 0 Å². The Labute approximate surface area is 440 Å². The van der Waals surface area contributed by atoms with Crippen molar-refractivity contribution < 1.29 is 0 Å². The first-order valence-electron chi connectivity index (χ1n) is 27.1. The van der Waals surface area contributed by atoms with E-state index in [1.165, 1.54) is 187 Å². The van der Waals surface area contributed by atoms with Gasteiger partial charge < -0.3 is 0 Å². The van der Waals surface area contributed by atoms with Crippen molar-refractivity contribution in [3.8, 4) is 77.9 Å². The van der Waals surface area contributed by atoms with E-state index in [4.69, 9.17) is 0 Å². The lowest BCUT2D eigenvalue weighted by molar-refractivity contribution is 1.24. The molecule has 0 atom stereocenters. The number of fused-ring (bicyclic) bond motifs is 20. The average molecular weight is 959 g/mol. The van der Waals surface area contributed by atoms with Crippen molar-refractivity contribution in [2.75, 3.05) is 0 Å². The van der Waals surface area contributed by atoms with Crippen LogP contribution in [-0.2, 0) is 25.7 Å². The van der Waals surface area contributed by atoms with E-state index in [-0.39, 0.29) is 0 Å². The van der Waals surface area contributed by atoms with Gasteiger partial charge in [0.2, 0.25) is 0 Å². The molecule has 0 N–H and O–H groups in total. The summed E-state index contributed by atoms with van der Waals surface area (Å²) in [5.74, 6) is 0. The molecule has 0 fully saturated rings. The number of rotatable bonds is 3. The van der Waals surface area contributed by atoms with Crippen molar-refractivity contribution >= 4 is 64.6 Å². The van der Waals surface area contributed by atoms with E-state index >= 15 is 0 Å². The maximum atomic E-state index is 2.65. The van der Waals surface area contributed by atoms with Gasteiger partial charge in [-0.15, -0.1) is 0 Å². The van der Waals surface area contributed by atoms with Gasteiger partial charge in [0.25, 0.3) is 0 Å². The minimum atomic E-state index is 0.859. The summed E-state index contributed by atoms with van der Waals surface area (Å²) in [5.41, 5.74) is 30.3. The highest BCUT2D eigenvalue weighted by Gasteiger charge is 2.35. The predicted octanol–water partition coefficient (Wildman–Crippen LogP) is 19.9. The van der Waals surface area contributed by atoms with Gasteiger partial charge in [0.15, 0.2) is 0 Å². The highest BCUT2D eigenvalue weighted by atomic mass is 14.4. The van der Waals surface area contributed by atoms with Crippen LogP contribution < -0.4 is 0 Å². The molecule has 0 bridgehead atoms. The average Bonchev–Trinajstić information content (AvgIpc) is 4.37. The van der Waals surface area contributed by atoms with Gasteiger partial charge in [0.05, 0.1) is 0 Å². The lowest BCUT2D eigenvalue weighted by atomic mass is 9.78. The van der Waals surface area contributed by atoms with E-state index in [0.717, 1.165) is 25.7 Å². The predicted molar refractivity (Wildman–Crippen MR) is 321 cm³/mol.